The van der Waals surface area contributed by atoms with Gasteiger partial charge in [0.15, 0.2) is 6.29 Å². The molecule has 0 radical (unpaired) electrons. The Kier molecular flexibility index (Phi) is 5.30. The van der Waals surface area contributed by atoms with E-state index in [0.717, 1.165) is 5.56 Å². The molecule has 5 nitrogen and oxygen atoms in total. The Morgan fingerprint density at radius 3 is 2.47 bits per heavy atom. The lowest BCUT2D eigenvalue weighted by Gasteiger charge is -2.17. The van der Waals surface area contributed by atoms with Gasteiger partial charge in [0.1, 0.15) is 18.3 Å². The fourth-order valence-electron chi connectivity index (χ4n) is 2.15. The molecule has 0 aromatic heterocycles. The van der Waals surface area contributed by atoms with E-state index in [2.05, 4.69) is 0 Å². The maximum Gasteiger partial charge on any atom is 0.186 e. The van der Waals surface area contributed by atoms with E-state index in [4.69, 9.17) is 18.9 Å². The summed E-state index contributed by atoms with van der Waals surface area (Å²) in [7, 11) is 3.05. The van der Waals surface area contributed by atoms with E-state index < -0.39 is 24.6 Å². The van der Waals surface area contributed by atoms with Crippen molar-refractivity contribution in [1.82, 2.24) is 0 Å². The van der Waals surface area contributed by atoms with E-state index in [1.54, 1.807) is 0 Å². The van der Waals surface area contributed by atoms with Gasteiger partial charge in [0.25, 0.3) is 0 Å². The highest BCUT2D eigenvalue weighted by molar-refractivity contribution is 5.13. The molecule has 1 N–H and O–H groups in total. The molecule has 0 spiro atoms. The lowest BCUT2D eigenvalue weighted by Crippen LogP contribution is -2.36. The van der Waals surface area contributed by atoms with Crippen LogP contribution in [-0.4, -0.2) is 50.5 Å². The Hall–Kier alpha value is -0.980. The second-order valence-electron chi connectivity index (χ2n) is 4.47. The molecule has 1 aromatic rings. The van der Waals surface area contributed by atoms with Gasteiger partial charge in [-0.05, 0) is 5.56 Å². The molecular weight excluding hydrogens is 248 g/mol. The molecule has 106 valence electrons. The number of hydrogen-bond acceptors (Lipinski definition) is 5. The summed E-state index contributed by atoms with van der Waals surface area (Å²) in [4.78, 5) is 0. The Bertz CT molecular complexity index is 369. The van der Waals surface area contributed by atoms with Crippen LogP contribution in [0.25, 0.3) is 0 Å². The average molecular weight is 268 g/mol. The van der Waals surface area contributed by atoms with Crippen LogP contribution in [0.4, 0.5) is 0 Å². The molecule has 1 heterocycles. The summed E-state index contributed by atoms with van der Waals surface area (Å²) in [5.41, 5.74) is 1.08. The highest BCUT2D eigenvalue weighted by atomic mass is 16.7. The number of methoxy groups -OCH3 is 2. The molecule has 2 rings (SSSR count). The SMILES string of the molecule is CO[C@H]1O[C@H](COCc2ccccc2)[C@H](O)[C@H]1OC. The van der Waals surface area contributed by atoms with E-state index in [0.29, 0.717) is 13.2 Å². The van der Waals surface area contributed by atoms with Crippen LogP contribution in [-0.2, 0) is 25.6 Å². The van der Waals surface area contributed by atoms with E-state index >= 15 is 0 Å². The Morgan fingerprint density at radius 2 is 1.89 bits per heavy atom. The van der Waals surface area contributed by atoms with Crippen molar-refractivity contribution in [2.75, 3.05) is 20.8 Å². The third-order valence-electron chi connectivity index (χ3n) is 3.19. The van der Waals surface area contributed by atoms with E-state index in [-0.39, 0.29) is 0 Å². The normalized spacial score (nSPS) is 30.7. The van der Waals surface area contributed by atoms with Crippen molar-refractivity contribution < 1.29 is 24.1 Å². The van der Waals surface area contributed by atoms with Gasteiger partial charge in [-0.25, -0.2) is 0 Å². The van der Waals surface area contributed by atoms with E-state index in [9.17, 15) is 5.11 Å². The first-order valence-corrected chi connectivity index (χ1v) is 6.27. The summed E-state index contributed by atoms with van der Waals surface area (Å²) in [6.45, 7) is 0.790. The molecule has 4 atom stereocenters. The molecule has 5 heteroatoms. The van der Waals surface area contributed by atoms with Crippen LogP contribution in [0.2, 0.25) is 0 Å². The van der Waals surface area contributed by atoms with Crippen molar-refractivity contribution in [1.29, 1.82) is 0 Å². The quantitative estimate of drug-likeness (QED) is 0.832. The monoisotopic (exact) mass is 268 g/mol. The molecule has 0 unspecified atom stereocenters. The molecule has 0 amide bonds. The highest BCUT2D eigenvalue weighted by Gasteiger charge is 2.44. The van der Waals surface area contributed by atoms with Gasteiger partial charge >= 0.3 is 0 Å². The van der Waals surface area contributed by atoms with Gasteiger partial charge in [0, 0.05) is 14.2 Å². The fourth-order valence-corrected chi connectivity index (χ4v) is 2.15. The van der Waals surface area contributed by atoms with Crippen LogP contribution in [0.3, 0.4) is 0 Å². The Labute approximate surface area is 113 Å². The second-order valence-corrected chi connectivity index (χ2v) is 4.47. The molecular formula is C14H20O5. The summed E-state index contributed by atoms with van der Waals surface area (Å²) in [5.74, 6) is 0. The van der Waals surface area contributed by atoms with Gasteiger partial charge in [0.2, 0.25) is 0 Å². The summed E-state index contributed by atoms with van der Waals surface area (Å²) in [6.07, 6.45) is -2.20. The minimum Gasteiger partial charge on any atom is -0.387 e. The van der Waals surface area contributed by atoms with Crippen LogP contribution in [0.15, 0.2) is 30.3 Å². The molecule has 1 aliphatic heterocycles. The van der Waals surface area contributed by atoms with Crippen LogP contribution in [0.5, 0.6) is 0 Å². The fraction of sp³-hybridized carbons (Fsp3) is 0.571. The first-order chi connectivity index (χ1) is 9.26. The summed E-state index contributed by atoms with van der Waals surface area (Å²) < 4.78 is 21.4. The molecule has 19 heavy (non-hydrogen) atoms. The van der Waals surface area contributed by atoms with Gasteiger partial charge in [-0.3, -0.25) is 0 Å². The Balaban J connectivity index is 1.80. The molecule has 1 aliphatic rings. The third-order valence-corrected chi connectivity index (χ3v) is 3.19. The first-order valence-electron chi connectivity index (χ1n) is 6.27. The highest BCUT2D eigenvalue weighted by Crippen LogP contribution is 2.24. The summed E-state index contributed by atoms with van der Waals surface area (Å²) in [6, 6.07) is 9.85. The van der Waals surface area contributed by atoms with Crippen molar-refractivity contribution in [3.63, 3.8) is 0 Å². The largest absolute Gasteiger partial charge is 0.387 e. The molecule has 1 fully saturated rings. The van der Waals surface area contributed by atoms with Crippen molar-refractivity contribution >= 4 is 0 Å². The summed E-state index contributed by atoms with van der Waals surface area (Å²) in [5, 5.41) is 10.0. The smallest absolute Gasteiger partial charge is 0.186 e. The topological polar surface area (TPSA) is 57.2 Å². The standard InChI is InChI=1S/C14H20O5/c1-16-13-12(15)11(19-14(13)17-2)9-18-8-10-6-4-3-5-7-10/h3-7,11-15H,8-9H2,1-2H3/t11-,12+,13-,14+/m1/s1. The third kappa shape index (κ3) is 3.52. The van der Waals surface area contributed by atoms with E-state index in [1.807, 2.05) is 30.3 Å². The lowest BCUT2D eigenvalue weighted by molar-refractivity contribution is -0.162. The zero-order valence-corrected chi connectivity index (χ0v) is 11.2. The molecule has 0 bridgehead atoms. The summed E-state index contributed by atoms with van der Waals surface area (Å²) >= 11 is 0. The second kappa shape index (κ2) is 6.98. The number of aliphatic hydroxyl groups is 1. The molecule has 1 aromatic carbocycles. The number of hydrogen-bond donors (Lipinski definition) is 1. The zero-order chi connectivity index (χ0) is 13.7. The first kappa shape index (κ1) is 14.4. The average Bonchev–Trinajstić information content (AvgIpc) is 2.76. The van der Waals surface area contributed by atoms with Gasteiger partial charge in [-0.2, -0.15) is 0 Å². The van der Waals surface area contributed by atoms with Gasteiger partial charge in [0.05, 0.1) is 13.2 Å². The van der Waals surface area contributed by atoms with Crippen LogP contribution < -0.4 is 0 Å². The minimum atomic E-state index is -0.745. The van der Waals surface area contributed by atoms with Crippen LogP contribution in [0, 0.1) is 0 Å². The molecule has 0 aliphatic carbocycles. The van der Waals surface area contributed by atoms with Crippen LogP contribution in [0.1, 0.15) is 5.56 Å². The van der Waals surface area contributed by atoms with Crippen LogP contribution >= 0.6 is 0 Å². The minimum absolute atomic E-state index is 0.301. The molecule has 0 saturated carbocycles. The predicted octanol–water partition coefficient (Wildman–Crippen LogP) is 0.950. The van der Waals surface area contributed by atoms with Gasteiger partial charge in [-0.15, -0.1) is 0 Å². The van der Waals surface area contributed by atoms with Gasteiger partial charge in [-0.1, -0.05) is 30.3 Å². The Morgan fingerprint density at radius 1 is 1.16 bits per heavy atom. The number of ether oxygens (including phenoxy) is 4. The number of rotatable bonds is 6. The van der Waals surface area contributed by atoms with Crippen molar-refractivity contribution in [3.05, 3.63) is 35.9 Å². The molecule has 1 saturated heterocycles. The number of benzene rings is 1. The predicted molar refractivity (Wildman–Crippen MR) is 68.6 cm³/mol. The zero-order valence-electron chi connectivity index (χ0n) is 11.2. The van der Waals surface area contributed by atoms with Crippen molar-refractivity contribution in [2.24, 2.45) is 0 Å². The van der Waals surface area contributed by atoms with Crippen molar-refractivity contribution in [3.8, 4) is 0 Å². The maximum absolute atomic E-state index is 10.0. The van der Waals surface area contributed by atoms with Gasteiger partial charge < -0.3 is 24.1 Å². The number of aliphatic hydroxyl groups excluding tert-OH is 1. The lowest BCUT2D eigenvalue weighted by atomic mass is 10.1. The van der Waals surface area contributed by atoms with E-state index in [1.165, 1.54) is 14.2 Å². The van der Waals surface area contributed by atoms with Crippen molar-refractivity contribution in [2.45, 2.75) is 31.2 Å². The maximum atomic E-state index is 10.0.